The average molecular weight is 287 g/mol. The molecule has 0 bridgehead atoms. The Balaban J connectivity index is 1.69. The van der Waals surface area contributed by atoms with Gasteiger partial charge in [0.25, 0.3) is 5.91 Å². The molecule has 104 valence electrons. The van der Waals surface area contributed by atoms with Gasteiger partial charge in [-0.2, -0.15) is 0 Å². The van der Waals surface area contributed by atoms with Crippen molar-refractivity contribution in [1.82, 2.24) is 9.88 Å². The minimum atomic E-state index is 0.111. The Labute approximate surface area is 121 Å². The number of rotatable bonds is 4. The maximum Gasteiger partial charge on any atom is 0.266 e. The SMILES string of the molecule is Nc1c(C(=O)N(CC2CC2)C2CC2)sc2cccnc12. The highest BCUT2D eigenvalue weighted by molar-refractivity contribution is 7.21. The molecule has 2 N–H and O–H groups in total. The zero-order valence-corrected chi connectivity index (χ0v) is 12.0. The van der Waals surface area contributed by atoms with E-state index in [0.717, 1.165) is 29.6 Å². The Hall–Kier alpha value is -1.62. The van der Waals surface area contributed by atoms with Gasteiger partial charge in [-0.15, -0.1) is 11.3 Å². The van der Waals surface area contributed by atoms with Crippen LogP contribution in [0.5, 0.6) is 0 Å². The molecular formula is C15H17N3OS. The fourth-order valence-corrected chi connectivity index (χ4v) is 3.64. The van der Waals surface area contributed by atoms with Crippen molar-refractivity contribution in [1.29, 1.82) is 0 Å². The Morgan fingerprint density at radius 1 is 1.40 bits per heavy atom. The number of nitrogens with two attached hydrogens (primary N) is 1. The number of fused-ring (bicyclic) bond motifs is 1. The number of nitrogens with zero attached hydrogens (tertiary/aromatic N) is 2. The van der Waals surface area contributed by atoms with Gasteiger partial charge in [-0.3, -0.25) is 9.78 Å². The predicted molar refractivity (Wildman–Crippen MR) is 80.8 cm³/mol. The van der Waals surface area contributed by atoms with Gasteiger partial charge in [-0.25, -0.2) is 0 Å². The molecule has 0 aliphatic heterocycles. The number of carbonyl (C=O) groups is 1. The number of pyridine rings is 1. The van der Waals surface area contributed by atoms with Gasteiger partial charge in [-0.05, 0) is 43.7 Å². The van der Waals surface area contributed by atoms with Crippen LogP contribution in [0.25, 0.3) is 10.2 Å². The van der Waals surface area contributed by atoms with Crippen LogP contribution in [0.1, 0.15) is 35.4 Å². The molecule has 5 heteroatoms. The average Bonchev–Trinajstić information content (AvgIpc) is 3.35. The highest BCUT2D eigenvalue weighted by Crippen LogP contribution is 2.38. The molecule has 0 saturated heterocycles. The van der Waals surface area contributed by atoms with E-state index in [1.54, 1.807) is 6.20 Å². The molecule has 0 atom stereocenters. The molecule has 0 unspecified atom stereocenters. The lowest BCUT2D eigenvalue weighted by atomic mass is 10.2. The zero-order chi connectivity index (χ0) is 13.7. The summed E-state index contributed by atoms with van der Waals surface area (Å²) >= 11 is 1.47. The van der Waals surface area contributed by atoms with Crippen molar-refractivity contribution in [2.75, 3.05) is 12.3 Å². The maximum atomic E-state index is 12.8. The normalized spacial score (nSPS) is 18.4. The van der Waals surface area contributed by atoms with Crippen LogP contribution in [0, 0.1) is 5.92 Å². The van der Waals surface area contributed by atoms with E-state index < -0.39 is 0 Å². The van der Waals surface area contributed by atoms with Crippen LogP contribution in [0.15, 0.2) is 18.3 Å². The van der Waals surface area contributed by atoms with Crippen molar-refractivity contribution in [3.8, 4) is 0 Å². The van der Waals surface area contributed by atoms with E-state index in [1.807, 2.05) is 12.1 Å². The molecule has 2 fully saturated rings. The minimum absolute atomic E-state index is 0.111. The van der Waals surface area contributed by atoms with Crippen LogP contribution < -0.4 is 5.73 Å². The van der Waals surface area contributed by atoms with E-state index in [2.05, 4.69) is 9.88 Å². The van der Waals surface area contributed by atoms with Crippen molar-refractivity contribution in [2.24, 2.45) is 5.92 Å². The summed E-state index contributed by atoms with van der Waals surface area (Å²) in [5.41, 5.74) is 7.46. The summed E-state index contributed by atoms with van der Waals surface area (Å²) in [7, 11) is 0. The van der Waals surface area contributed by atoms with E-state index in [-0.39, 0.29) is 5.91 Å². The third-order valence-electron chi connectivity index (χ3n) is 4.08. The fourth-order valence-electron chi connectivity index (χ4n) is 2.60. The van der Waals surface area contributed by atoms with Crippen molar-refractivity contribution in [2.45, 2.75) is 31.7 Å². The number of hydrogen-bond donors (Lipinski definition) is 1. The second-order valence-corrected chi connectivity index (χ2v) is 6.88. The van der Waals surface area contributed by atoms with E-state index in [4.69, 9.17) is 5.73 Å². The third kappa shape index (κ3) is 2.06. The van der Waals surface area contributed by atoms with Gasteiger partial charge in [0.1, 0.15) is 10.4 Å². The number of anilines is 1. The van der Waals surface area contributed by atoms with Crippen molar-refractivity contribution in [3.63, 3.8) is 0 Å². The smallest absolute Gasteiger partial charge is 0.266 e. The summed E-state index contributed by atoms with van der Waals surface area (Å²) in [6.07, 6.45) is 6.53. The number of hydrogen-bond acceptors (Lipinski definition) is 4. The second-order valence-electron chi connectivity index (χ2n) is 5.83. The molecule has 0 aromatic carbocycles. The summed E-state index contributed by atoms with van der Waals surface area (Å²) in [5.74, 6) is 0.827. The molecular weight excluding hydrogens is 270 g/mol. The van der Waals surface area contributed by atoms with Crippen molar-refractivity contribution < 1.29 is 4.79 Å². The van der Waals surface area contributed by atoms with Crippen LogP contribution in [-0.4, -0.2) is 28.4 Å². The molecule has 2 saturated carbocycles. The second kappa shape index (κ2) is 4.45. The summed E-state index contributed by atoms with van der Waals surface area (Å²) in [6.45, 7) is 0.907. The molecule has 2 aliphatic carbocycles. The summed E-state index contributed by atoms with van der Waals surface area (Å²) < 4.78 is 0.996. The maximum absolute atomic E-state index is 12.8. The summed E-state index contributed by atoms with van der Waals surface area (Å²) in [5, 5.41) is 0. The van der Waals surface area contributed by atoms with Gasteiger partial charge in [0, 0.05) is 18.8 Å². The Kier molecular flexibility index (Phi) is 2.70. The number of thiophene rings is 1. The molecule has 1 amide bonds. The lowest BCUT2D eigenvalue weighted by molar-refractivity contribution is 0.0740. The summed E-state index contributed by atoms with van der Waals surface area (Å²) in [4.78, 5) is 19.8. The first-order valence-corrected chi connectivity index (χ1v) is 7.99. The number of nitrogen functional groups attached to an aromatic ring is 1. The Bertz CT molecular complexity index is 673. The van der Waals surface area contributed by atoms with Gasteiger partial charge >= 0.3 is 0 Å². The first-order valence-electron chi connectivity index (χ1n) is 7.18. The van der Waals surface area contributed by atoms with E-state index in [9.17, 15) is 4.79 Å². The topological polar surface area (TPSA) is 59.2 Å². The van der Waals surface area contributed by atoms with Crippen LogP contribution in [0.2, 0.25) is 0 Å². The zero-order valence-electron chi connectivity index (χ0n) is 11.2. The molecule has 4 nitrogen and oxygen atoms in total. The van der Waals surface area contributed by atoms with Gasteiger partial charge < -0.3 is 10.6 Å². The van der Waals surface area contributed by atoms with E-state index in [0.29, 0.717) is 22.5 Å². The Morgan fingerprint density at radius 3 is 2.85 bits per heavy atom. The number of amides is 1. The minimum Gasteiger partial charge on any atom is -0.396 e. The molecule has 0 radical (unpaired) electrons. The molecule has 2 heterocycles. The van der Waals surface area contributed by atoms with Crippen LogP contribution >= 0.6 is 11.3 Å². The quantitative estimate of drug-likeness (QED) is 0.940. The van der Waals surface area contributed by atoms with Gasteiger partial charge in [0.15, 0.2) is 0 Å². The highest BCUT2D eigenvalue weighted by atomic mass is 32.1. The first kappa shape index (κ1) is 12.1. The van der Waals surface area contributed by atoms with E-state index >= 15 is 0 Å². The van der Waals surface area contributed by atoms with Crippen molar-refractivity contribution >= 4 is 33.1 Å². The van der Waals surface area contributed by atoms with Crippen LogP contribution in [-0.2, 0) is 0 Å². The predicted octanol–water partition coefficient (Wildman–Crippen LogP) is 2.89. The van der Waals surface area contributed by atoms with Gasteiger partial charge in [-0.1, -0.05) is 0 Å². The van der Waals surface area contributed by atoms with Gasteiger partial charge in [0.2, 0.25) is 0 Å². The van der Waals surface area contributed by atoms with E-state index in [1.165, 1.54) is 24.2 Å². The molecule has 2 aliphatic rings. The lowest BCUT2D eigenvalue weighted by Crippen LogP contribution is -2.34. The van der Waals surface area contributed by atoms with Crippen LogP contribution in [0.4, 0.5) is 5.69 Å². The monoisotopic (exact) mass is 287 g/mol. The molecule has 4 rings (SSSR count). The highest BCUT2D eigenvalue weighted by Gasteiger charge is 2.38. The largest absolute Gasteiger partial charge is 0.396 e. The fraction of sp³-hybridized carbons (Fsp3) is 0.467. The molecule has 2 aromatic heterocycles. The van der Waals surface area contributed by atoms with Gasteiger partial charge in [0.05, 0.1) is 10.4 Å². The number of aromatic nitrogens is 1. The third-order valence-corrected chi connectivity index (χ3v) is 5.23. The van der Waals surface area contributed by atoms with Crippen LogP contribution in [0.3, 0.4) is 0 Å². The summed E-state index contributed by atoms with van der Waals surface area (Å²) in [6, 6.07) is 4.30. The first-order chi connectivity index (χ1) is 9.74. The molecule has 0 spiro atoms. The number of carbonyl (C=O) groups excluding carboxylic acids is 1. The molecule has 2 aromatic rings. The lowest BCUT2D eigenvalue weighted by Gasteiger charge is -2.21. The molecule has 20 heavy (non-hydrogen) atoms. The standard InChI is InChI=1S/C15H17N3OS/c16-12-13-11(2-1-7-17-13)20-14(12)15(19)18(10-5-6-10)8-9-3-4-9/h1-2,7,9-10H,3-6,8,16H2. The van der Waals surface area contributed by atoms with Crippen molar-refractivity contribution in [3.05, 3.63) is 23.2 Å². The Morgan fingerprint density at radius 2 is 2.20 bits per heavy atom.